The third-order valence-corrected chi connectivity index (χ3v) is 1.85. The van der Waals surface area contributed by atoms with Crippen molar-refractivity contribution in [3.63, 3.8) is 0 Å². The fraction of sp³-hybridized carbons (Fsp3) is 0. The summed E-state index contributed by atoms with van der Waals surface area (Å²) in [6.45, 7) is 0. The van der Waals surface area contributed by atoms with E-state index in [9.17, 15) is 0 Å². The predicted molar refractivity (Wildman–Crippen MR) is 52.9 cm³/mol. The van der Waals surface area contributed by atoms with Crippen molar-refractivity contribution in [3.8, 4) is 11.4 Å². The first-order valence-corrected chi connectivity index (χ1v) is 4.18. The van der Waals surface area contributed by atoms with Crippen molar-refractivity contribution in [2.75, 3.05) is 5.48 Å². The molecule has 0 radical (unpaired) electrons. The summed E-state index contributed by atoms with van der Waals surface area (Å²) in [5, 5.41) is 8.87. The second-order valence-electron chi connectivity index (χ2n) is 2.73. The third kappa shape index (κ3) is 1.55. The predicted octanol–water partition coefficient (Wildman–Crippen LogP) is 1.94. The van der Waals surface area contributed by atoms with E-state index >= 15 is 0 Å². The molecule has 0 atom stereocenters. The van der Waals surface area contributed by atoms with Crippen molar-refractivity contribution in [1.82, 2.24) is 9.97 Å². The molecular formula is C10H9N3O. The van der Waals surface area contributed by atoms with Crippen LogP contribution in [0.2, 0.25) is 0 Å². The van der Waals surface area contributed by atoms with Gasteiger partial charge in [0.25, 0.3) is 0 Å². The van der Waals surface area contributed by atoms with E-state index in [0.717, 1.165) is 5.56 Å². The molecule has 0 spiro atoms. The van der Waals surface area contributed by atoms with Gasteiger partial charge in [-0.2, -0.15) is 0 Å². The summed E-state index contributed by atoms with van der Waals surface area (Å²) in [5.41, 5.74) is 3.48. The Morgan fingerprint density at radius 1 is 1.00 bits per heavy atom. The number of anilines is 1. The van der Waals surface area contributed by atoms with Crippen molar-refractivity contribution in [2.24, 2.45) is 0 Å². The highest BCUT2D eigenvalue weighted by atomic mass is 16.5. The summed E-state index contributed by atoms with van der Waals surface area (Å²) in [7, 11) is 0. The van der Waals surface area contributed by atoms with Crippen LogP contribution in [-0.4, -0.2) is 15.2 Å². The molecule has 1 aromatic heterocycles. The highest BCUT2D eigenvalue weighted by Gasteiger charge is 2.04. The molecule has 0 aliphatic carbocycles. The van der Waals surface area contributed by atoms with Crippen molar-refractivity contribution < 1.29 is 5.21 Å². The van der Waals surface area contributed by atoms with Crippen molar-refractivity contribution in [1.29, 1.82) is 0 Å². The third-order valence-electron chi connectivity index (χ3n) is 1.85. The van der Waals surface area contributed by atoms with Gasteiger partial charge in [0.2, 0.25) is 0 Å². The lowest BCUT2D eigenvalue weighted by Gasteiger charge is -2.05. The van der Waals surface area contributed by atoms with Gasteiger partial charge in [0, 0.05) is 18.0 Å². The molecule has 0 fully saturated rings. The molecule has 4 heteroatoms. The maximum Gasteiger partial charge on any atom is 0.161 e. The lowest BCUT2D eigenvalue weighted by Crippen LogP contribution is -1.94. The molecule has 0 saturated carbocycles. The first-order valence-electron chi connectivity index (χ1n) is 4.18. The smallest absolute Gasteiger partial charge is 0.161 e. The normalized spacial score (nSPS) is 9.79. The second-order valence-corrected chi connectivity index (χ2v) is 2.73. The van der Waals surface area contributed by atoms with Crippen LogP contribution in [0.4, 0.5) is 5.69 Å². The molecule has 2 aromatic rings. The van der Waals surface area contributed by atoms with Gasteiger partial charge in [-0.15, -0.1) is 0 Å². The Labute approximate surface area is 81.2 Å². The molecular weight excluding hydrogens is 178 g/mol. The van der Waals surface area contributed by atoms with Crippen LogP contribution in [0.1, 0.15) is 0 Å². The van der Waals surface area contributed by atoms with E-state index in [4.69, 9.17) is 5.21 Å². The molecule has 2 rings (SSSR count). The van der Waals surface area contributed by atoms with Crippen LogP contribution < -0.4 is 5.48 Å². The highest BCUT2D eigenvalue weighted by Crippen LogP contribution is 2.23. The number of benzene rings is 1. The molecule has 0 aliphatic rings. The highest BCUT2D eigenvalue weighted by molar-refractivity contribution is 5.72. The molecule has 1 aromatic carbocycles. The van der Waals surface area contributed by atoms with Gasteiger partial charge in [-0.1, -0.05) is 12.1 Å². The zero-order valence-corrected chi connectivity index (χ0v) is 7.38. The van der Waals surface area contributed by atoms with Gasteiger partial charge >= 0.3 is 0 Å². The van der Waals surface area contributed by atoms with E-state index in [1.807, 2.05) is 18.2 Å². The average Bonchev–Trinajstić information content (AvgIpc) is 2.30. The minimum atomic E-state index is 0.588. The molecule has 14 heavy (non-hydrogen) atoms. The Morgan fingerprint density at radius 2 is 1.71 bits per heavy atom. The van der Waals surface area contributed by atoms with Gasteiger partial charge in [0.05, 0.1) is 5.69 Å². The summed E-state index contributed by atoms with van der Waals surface area (Å²) < 4.78 is 0. The van der Waals surface area contributed by atoms with Crippen LogP contribution in [0.3, 0.4) is 0 Å². The van der Waals surface area contributed by atoms with Crippen LogP contribution in [0.25, 0.3) is 11.4 Å². The number of para-hydroxylation sites is 1. The van der Waals surface area contributed by atoms with E-state index in [-0.39, 0.29) is 0 Å². The molecule has 0 saturated heterocycles. The number of nitrogens with zero attached hydrogens (tertiary/aromatic N) is 2. The number of aromatic nitrogens is 2. The largest absolute Gasteiger partial charge is 0.291 e. The Bertz CT molecular complexity index is 417. The molecule has 4 nitrogen and oxygen atoms in total. The van der Waals surface area contributed by atoms with Crippen molar-refractivity contribution >= 4 is 5.69 Å². The van der Waals surface area contributed by atoms with Gasteiger partial charge in [0.15, 0.2) is 5.82 Å². The molecule has 0 bridgehead atoms. The average molecular weight is 187 g/mol. The zero-order valence-electron chi connectivity index (χ0n) is 7.38. The fourth-order valence-corrected chi connectivity index (χ4v) is 1.21. The SMILES string of the molecule is ONc1ccccc1-c1ncccn1. The van der Waals surface area contributed by atoms with E-state index in [1.54, 1.807) is 24.5 Å². The summed E-state index contributed by atoms with van der Waals surface area (Å²) in [6.07, 6.45) is 3.33. The van der Waals surface area contributed by atoms with E-state index in [0.29, 0.717) is 11.5 Å². The number of hydrogen-bond donors (Lipinski definition) is 2. The summed E-state index contributed by atoms with van der Waals surface area (Å²) in [5.74, 6) is 0.588. The van der Waals surface area contributed by atoms with Gasteiger partial charge in [-0.3, -0.25) is 10.7 Å². The van der Waals surface area contributed by atoms with Gasteiger partial charge in [-0.25, -0.2) is 9.97 Å². The quantitative estimate of drug-likeness (QED) is 0.705. The summed E-state index contributed by atoms with van der Waals surface area (Å²) in [6, 6.07) is 9.04. The van der Waals surface area contributed by atoms with Crippen molar-refractivity contribution in [2.45, 2.75) is 0 Å². The molecule has 2 N–H and O–H groups in total. The monoisotopic (exact) mass is 187 g/mol. The standard InChI is InChI=1S/C10H9N3O/c14-13-9-5-2-1-4-8(9)10-11-6-3-7-12-10/h1-7,13-14H. The first kappa shape index (κ1) is 8.65. The van der Waals surface area contributed by atoms with Crippen LogP contribution in [0.15, 0.2) is 42.7 Å². The van der Waals surface area contributed by atoms with Crippen LogP contribution >= 0.6 is 0 Å². The molecule has 0 amide bonds. The first-order chi connectivity index (χ1) is 6.92. The number of nitrogens with one attached hydrogen (secondary N) is 1. The Morgan fingerprint density at radius 3 is 2.43 bits per heavy atom. The second kappa shape index (κ2) is 3.85. The Balaban J connectivity index is 2.51. The van der Waals surface area contributed by atoms with E-state index in [1.165, 1.54) is 0 Å². The maximum atomic E-state index is 8.87. The molecule has 1 heterocycles. The zero-order chi connectivity index (χ0) is 9.80. The minimum Gasteiger partial charge on any atom is -0.291 e. The van der Waals surface area contributed by atoms with Gasteiger partial charge in [-0.05, 0) is 18.2 Å². The molecule has 0 aliphatic heterocycles. The Hall–Kier alpha value is -1.94. The number of rotatable bonds is 2. The van der Waals surface area contributed by atoms with Crippen LogP contribution in [0.5, 0.6) is 0 Å². The fourth-order valence-electron chi connectivity index (χ4n) is 1.21. The maximum absolute atomic E-state index is 8.87. The number of hydrogen-bond acceptors (Lipinski definition) is 4. The lowest BCUT2D eigenvalue weighted by atomic mass is 10.1. The molecule has 70 valence electrons. The van der Waals surface area contributed by atoms with Gasteiger partial charge in [0.1, 0.15) is 0 Å². The Kier molecular flexibility index (Phi) is 2.38. The van der Waals surface area contributed by atoms with Crippen LogP contribution in [-0.2, 0) is 0 Å². The topological polar surface area (TPSA) is 58.0 Å². The molecule has 0 unspecified atom stereocenters. The lowest BCUT2D eigenvalue weighted by molar-refractivity contribution is 0.389. The van der Waals surface area contributed by atoms with Gasteiger partial charge < -0.3 is 0 Å². The minimum absolute atomic E-state index is 0.588. The summed E-state index contributed by atoms with van der Waals surface area (Å²) in [4.78, 5) is 8.19. The van der Waals surface area contributed by atoms with E-state index < -0.39 is 0 Å². The van der Waals surface area contributed by atoms with Crippen LogP contribution in [0, 0.1) is 0 Å². The summed E-state index contributed by atoms with van der Waals surface area (Å²) >= 11 is 0. The van der Waals surface area contributed by atoms with E-state index in [2.05, 4.69) is 15.4 Å². The van der Waals surface area contributed by atoms with Crippen molar-refractivity contribution in [3.05, 3.63) is 42.7 Å².